The van der Waals surface area contributed by atoms with E-state index in [1.165, 1.54) is 0 Å². The maximum absolute atomic E-state index is 11.7. The van der Waals surface area contributed by atoms with Crippen molar-refractivity contribution < 1.29 is 14.3 Å². The zero-order chi connectivity index (χ0) is 13.1. The molecule has 1 amide bonds. The van der Waals surface area contributed by atoms with Crippen LogP contribution in [0.1, 0.15) is 46.5 Å². The molecule has 0 bridgehead atoms. The molecule has 1 saturated carbocycles. The molecule has 1 aliphatic rings. The lowest BCUT2D eigenvalue weighted by Gasteiger charge is -2.42. The van der Waals surface area contributed by atoms with Crippen LogP contribution in [0.3, 0.4) is 0 Å². The molecule has 0 unspecified atom stereocenters. The van der Waals surface area contributed by atoms with Crippen molar-refractivity contribution in [2.75, 3.05) is 5.88 Å². The number of alkyl halides is 1. The molecule has 17 heavy (non-hydrogen) atoms. The van der Waals surface area contributed by atoms with Gasteiger partial charge in [0.05, 0.1) is 11.4 Å². The maximum Gasteiger partial charge on any atom is 0.408 e. The molecular formula is C12H20ClNO3. The highest BCUT2D eigenvalue weighted by atomic mass is 35.5. The van der Waals surface area contributed by atoms with Crippen molar-refractivity contribution >= 4 is 23.5 Å². The van der Waals surface area contributed by atoms with Gasteiger partial charge in [-0.1, -0.05) is 0 Å². The summed E-state index contributed by atoms with van der Waals surface area (Å²) in [6.45, 7) is 5.43. The summed E-state index contributed by atoms with van der Waals surface area (Å²) in [5.41, 5.74) is -0.945. The van der Waals surface area contributed by atoms with Gasteiger partial charge in [0.2, 0.25) is 0 Å². The first kappa shape index (κ1) is 14.3. The molecule has 0 saturated heterocycles. The van der Waals surface area contributed by atoms with E-state index in [1.54, 1.807) is 0 Å². The average Bonchev–Trinajstić information content (AvgIpc) is 2.10. The molecule has 0 heterocycles. The fraction of sp³-hybridized carbons (Fsp3) is 0.833. The number of carbonyl (C=O) groups excluding carboxylic acids is 2. The highest BCUT2D eigenvalue weighted by molar-refractivity contribution is 6.27. The highest BCUT2D eigenvalue weighted by Crippen LogP contribution is 2.35. The molecule has 4 nitrogen and oxygen atoms in total. The Bertz CT molecular complexity index is 305. The Hall–Kier alpha value is -0.770. The number of halogens is 1. The first-order valence-corrected chi connectivity index (χ1v) is 6.39. The summed E-state index contributed by atoms with van der Waals surface area (Å²) in [6.07, 6.45) is 2.49. The Balaban J connectivity index is 2.52. The van der Waals surface area contributed by atoms with Gasteiger partial charge in [-0.2, -0.15) is 0 Å². The number of carbonyl (C=O) groups is 2. The van der Waals surface area contributed by atoms with Crippen molar-refractivity contribution in [2.45, 2.75) is 57.6 Å². The van der Waals surface area contributed by atoms with Crippen molar-refractivity contribution in [1.82, 2.24) is 5.32 Å². The summed E-state index contributed by atoms with van der Waals surface area (Å²) in [7, 11) is 0. The van der Waals surface area contributed by atoms with Crippen molar-refractivity contribution in [3.8, 4) is 0 Å². The van der Waals surface area contributed by atoms with Gasteiger partial charge in [0.1, 0.15) is 11.4 Å². The van der Waals surface area contributed by atoms with Crippen LogP contribution in [0.4, 0.5) is 4.79 Å². The molecule has 0 radical (unpaired) electrons. The SMILES string of the molecule is CC(C)(C)OC(=O)NC1(CC(=O)CCl)CCC1. The number of alkyl carbamates (subject to hydrolysis) is 1. The third kappa shape index (κ3) is 4.54. The molecule has 98 valence electrons. The van der Waals surface area contributed by atoms with E-state index in [-0.39, 0.29) is 11.7 Å². The van der Waals surface area contributed by atoms with Gasteiger partial charge < -0.3 is 10.1 Å². The van der Waals surface area contributed by atoms with Gasteiger partial charge in [-0.15, -0.1) is 11.6 Å². The third-order valence-corrected chi connectivity index (χ3v) is 3.06. The topological polar surface area (TPSA) is 55.4 Å². The molecule has 1 rings (SSSR count). The smallest absolute Gasteiger partial charge is 0.408 e. The first-order chi connectivity index (χ1) is 7.76. The van der Waals surface area contributed by atoms with Gasteiger partial charge in [-0.25, -0.2) is 4.79 Å². The van der Waals surface area contributed by atoms with E-state index < -0.39 is 17.2 Å². The van der Waals surface area contributed by atoms with E-state index in [0.717, 1.165) is 19.3 Å². The van der Waals surface area contributed by atoms with E-state index in [1.807, 2.05) is 20.8 Å². The largest absolute Gasteiger partial charge is 0.444 e. The number of nitrogens with one attached hydrogen (secondary N) is 1. The van der Waals surface area contributed by atoms with Crippen LogP contribution in [-0.4, -0.2) is 28.9 Å². The molecular weight excluding hydrogens is 242 g/mol. The Morgan fingerprint density at radius 3 is 2.29 bits per heavy atom. The van der Waals surface area contributed by atoms with Gasteiger partial charge in [0.25, 0.3) is 0 Å². The second-order valence-electron chi connectivity index (χ2n) is 5.61. The zero-order valence-corrected chi connectivity index (χ0v) is 11.4. The second kappa shape index (κ2) is 5.25. The Morgan fingerprint density at radius 2 is 1.94 bits per heavy atom. The lowest BCUT2D eigenvalue weighted by atomic mass is 9.73. The molecule has 0 spiro atoms. The van der Waals surface area contributed by atoms with Crippen LogP contribution in [0.5, 0.6) is 0 Å². The average molecular weight is 262 g/mol. The number of ketones is 1. The molecule has 0 atom stereocenters. The quantitative estimate of drug-likeness (QED) is 0.792. The minimum absolute atomic E-state index is 0.00223. The van der Waals surface area contributed by atoms with Gasteiger partial charge in [0.15, 0.2) is 0 Å². The normalized spacial score (nSPS) is 18.1. The van der Waals surface area contributed by atoms with Gasteiger partial charge in [-0.05, 0) is 40.0 Å². The second-order valence-corrected chi connectivity index (χ2v) is 5.88. The predicted octanol–water partition coefficient (Wildman–Crippen LogP) is 2.63. The standard InChI is InChI=1S/C12H20ClNO3/c1-11(2,3)17-10(16)14-12(5-4-6-12)7-9(15)8-13/h4-8H2,1-3H3,(H,14,16). The molecule has 0 aromatic heterocycles. The first-order valence-electron chi connectivity index (χ1n) is 5.85. The molecule has 1 N–H and O–H groups in total. The summed E-state index contributed by atoms with van der Waals surface area (Å²) in [4.78, 5) is 23.0. The van der Waals surface area contributed by atoms with Crippen LogP contribution in [0.15, 0.2) is 0 Å². The van der Waals surface area contributed by atoms with Crippen molar-refractivity contribution in [3.05, 3.63) is 0 Å². The van der Waals surface area contributed by atoms with Crippen molar-refractivity contribution in [2.24, 2.45) is 0 Å². The minimum atomic E-state index is -0.522. The lowest BCUT2D eigenvalue weighted by molar-refractivity contribution is -0.118. The van der Waals surface area contributed by atoms with Crippen molar-refractivity contribution in [1.29, 1.82) is 0 Å². The van der Waals surface area contributed by atoms with Crippen molar-refractivity contribution in [3.63, 3.8) is 0 Å². The molecule has 0 aromatic rings. The minimum Gasteiger partial charge on any atom is -0.444 e. The number of hydrogen-bond acceptors (Lipinski definition) is 3. The predicted molar refractivity (Wildman–Crippen MR) is 66.3 cm³/mol. The number of hydrogen-bond donors (Lipinski definition) is 1. The Labute approximate surface area is 107 Å². The van der Waals surface area contributed by atoms with Crippen LogP contribution < -0.4 is 5.32 Å². The fourth-order valence-corrected chi connectivity index (χ4v) is 1.99. The maximum atomic E-state index is 11.7. The van der Waals surface area contributed by atoms with E-state index in [2.05, 4.69) is 5.32 Å². The number of amides is 1. The van der Waals surface area contributed by atoms with Gasteiger partial charge >= 0.3 is 6.09 Å². The summed E-state index contributed by atoms with van der Waals surface area (Å²) >= 11 is 5.49. The molecule has 0 aromatic carbocycles. The lowest BCUT2D eigenvalue weighted by Crippen LogP contribution is -2.55. The van der Waals surface area contributed by atoms with E-state index in [9.17, 15) is 9.59 Å². The van der Waals surface area contributed by atoms with E-state index >= 15 is 0 Å². The molecule has 0 aliphatic heterocycles. The van der Waals surface area contributed by atoms with Crippen LogP contribution in [0, 0.1) is 0 Å². The van der Waals surface area contributed by atoms with E-state index in [0.29, 0.717) is 6.42 Å². The van der Waals surface area contributed by atoms with Crippen LogP contribution in [0.25, 0.3) is 0 Å². The third-order valence-electron chi connectivity index (χ3n) is 2.76. The highest BCUT2D eigenvalue weighted by Gasteiger charge is 2.40. The van der Waals surface area contributed by atoms with E-state index in [4.69, 9.17) is 16.3 Å². The zero-order valence-electron chi connectivity index (χ0n) is 10.6. The summed E-state index contributed by atoms with van der Waals surface area (Å²) in [6, 6.07) is 0. The van der Waals surface area contributed by atoms with Crippen LogP contribution in [0.2, 0.25) is 0 Å². The van der Waals surface area contributed by atoms with Gasteiger partial charge in [-0.3, -0.25) is 4.79 Å². The number of Topliss-reactive ketones (excluding diaryl/α,β-unsaturated/α-hetero) is 1. The number of rotatable bonds is 4. The Kier molecular flexibility index (Phi) is 4.42. The Morgan fingerprint density at radius 1 is 1.35 bits per heavy atom. The molecule has 1 aliphatic carbocycles. The monoisotopic (exact) mass is 261 g/mol. The number of ether oxygens (including phenoxy) is 1. The summed E-state index contributed by atoms with van der Waals surface area (Å²) < 4.78 is 5.19. The molecule has 1 fully saturated rings. The van der Waals surface area contributed by atoms with Gasteiger partial charge in [0, 0.05) is 6.42 Å². The van der Waals surface area contributed by atoms with Crippen LogP contribution in [-0.2, 0) is 9.53 Å². The summed E-state index contributed by atoms with van der Waals surface area (Å²) in [5, 5.41) is 2.81. The van der Waals surface area contributed by atoms with Crippen LogP contribution >= 0.6 is 11.6 Å². The molecule has 5 heteroatoms. The fourth-order valence-electron chi connectivity index (χ4n) is 1.89. The summed E-state index contributed by atoms with van der Waals surface area (Å²) in [5.74, 6) is -0.0417.